The lowest BCUT2D eigenvalue weighted by atomic mass is 9.83. The summed E-state index contributed by atoms with van der Waals surface area (Å²) in [5.41, 5.74) is 5.50. The summed E-state index contributed by atoms with van der Waals surface area (Å²) in [7, 11) is 0. The van der Waals surface area contributed by atoms with E-state index in [1.54, 1.807) is 0 Å². The second-order valence-electron chi connectivity index (χ2n) is 5.49. The molecule has 0 radical (unpaired) electrons. The van der Waals surface area contributed by atoms with E-state index in [1.807, 2.05) is 0 Å². The highest BCUT2D eigenvalue weighted by Gasteiger charge is 2.32. The third-order valence-corrected chi connectivity index (χ3v) is 4.33. The molecule has 2 fully saturated rings. The Balaban J connectivity index is 1.86. The molecular weight excluding hydrogens is 200 g/mol. The van der Waals surface area contributed by atoms with Gasteiger partial charge in [0.25, 0.3) is 0 Å². The molecule has 3 N–H and O–H groups in total. The number of β-amino-alcohol motifs (C(OH)–C–C–N with tert-alkyl or cyclic N) is 1. The van der Waals surface area contributed by atoms with Crippen molar-refractivity contribution in [1.82, 2.24) is 4.90 Å². The fraction of sp³-hybridized carbons (Fsp3) is 1.00. The van der Waals surface area contributed by atoms with Crippen LogP contribution in [0.5, 0.6) is 0 Å². The monoisotopic (exact) mass is 226 g/mol. The van der Waals surface area contributed by atoms with Crippen molar-refractivity contribution in [2.45, 2.75) is 57.1 Å². The van der Waals surface area contributed by atoms with Crippen LogP contribution < -0.4 is 5.73 Å². The molecule has 0 aromatic heterocycles. The number of nitrogens with two attached hydrogens (primary N) is 1. The van der Waals surface area contributed by atoms with Crippen molar-refractivity contribution in [1.29, 1.82) is 0 Å². The van der Waals surface area contributed by atoms with Crippen LogP contribution >= 0.6 is 0 Å². The number of aliphatic hydroxyl groups is 1. The van der Waals surface area contributed by atoms with Crippen molar-refractivity contribution < 1.29 is 5.11 Å². The molecular formula is C13H26N2O. The second-order valence-corrected chi connectivity index (χ2v) is 5.49. The van der Waals surface area contributed by atoms with Crippen molar-refractivity contribution in [2.24, 2.45) is 11.7 Å². The van der Waals surface area contributed by atoms with Crippen LogP contribution in [0.3, 0.4) is 0 Å². The zero-order chi connectivity index (χ0) is 11.4. The average molecular weight is 226 g/mol. The van der Waals surface area contributed by atoms with Gasteiger partial charge in [-0.25, -0.2) is 0 Å². The van der Waals surface area contributed by atoms with Crippen LogP contribution in [-0.4, -0.2) is 41.8 Å². The Hall–Kier alpha value is -0.120. The van der Waals surface area contributed by atoms with E-state index in [0.29, 0.717) is 6.54 Å². The van der Waals surface area contributed by atoms with Crippen LogP contribution in [0, 0.1) is 5.92 Å². The maximum atomic E-state index is 9.67. The molecule has 3 nitrogen and oxygen atoms in total. The third-order valence-electron chi connectivity index (χ3n) is 4.33. The average Bonchev–Trinajstić information content (AvgIpc) is 2.78. The molecule has 0 bridgehead atoms. The summed E-state index contributed by atoms with van der Waals surface area (Å²) in [6.07, 6.45) is 9.36. The first-order valence-corrected chi connectivity index (χ1v) is 6.93. The third kappa shape index (κ3) is 2.96. The maximum Gasteiger partial charge on any atom is 0.0789 e. The molecule has 1 unspecified atom stereocenters. The molecule has 0 amide bonds. The van der Waals surface area contributed by atoms with E-state index in [-0.39, 0.29) is 6.10 Å². The molecule has 3 heteroatoms. The summed E-state index contributed by atoms with van der Waals surface area (Å²) in [6.45, 7) is 2.35. The van der Waals surface area contributed by atoms with E-state index in [2.05, 4.69) is 4.90 Å². The molecule has 16 heavy (non-hydrogen) atoms. The van der Waals surface area contributed by atoms with Gasteiger partial charge in [-0.15, -0.1) is 0 Å². The fourth-order valence-electron chi connectivity index (χ4n) is 3.48. The summed E-state index contributed by atoms with van der Waals surface area (Å²) in [4.78, 5) is 2.49. The SMILES string of the molecule is NC[C@@H](O)CN1CCCC1C1CCCCC1. The van der Waals surface area contributed by atoms with Crippen LogP contribution in [0.25, 0.3) is 0 Å². The van der Waals surface area contributed by atoms with E-state index >= 15 is 0 Å². The lowest BCUT2D eigenvalue weighted by Gasteiger charge is -2.34. The molecule has 1 aliphatic heterocycles. The minimum atomic E-state index is -0.329. The summed E-state index contributed by atoms with van der Waals surface area (Å²) < 4.78 is 0. The van der Waals surface area contributed by atoms with Crippen LogP contribution in [0.4, 0.5) is 0 Å². The van der Waals surface area contributed by atoms with Gasteiger partial charge < -0.3 is 10.8 Å². The second kappa shape index (κ2) is 5.99. The van der Waals surface area contributed by atoms with Crippen molar-refractivity contribution in [3.05, 3.63) is 0 Å². The normalized spacial score (nSPS) is 30.8. The molecule has 1 heterocycles. The summed E-state index contributed by atoms with van der Waals surface area (Å²) >= 11 is 0. The molecule has 0 aromatic rings. The molecule has 0 spiro atoms. The fourth-order valence-corrected chi connectivity index (χ4v) is 3.48. The predicted molar refractivity (Wildman–Crippen MR) is 66.2 cm³/mol. The first-order valence-electron chi connectivity index (χ1n) is 6.93. The highest BCUT2D eigenvalue weighted by molar-refractivity contribution is 4.87. The first-order chi connectivity index (χ1) is 7.81. The van der Waals surface area contributed by atoms with E-state index in [0.717, 1.165) is 25.0 Å². The van der Waals surface area contributed by atoms with Gasteiger partial charge in [-0.05, 0) is 38.1 Å². The zero-order valence-corrected chi connectivity index (χ0v) is 10.3. The van der Waals surface area contributed by atoms with Crippen molar-refractivity contribution in [3.63, 3.8) is 0 Å². The van der Waals surface area contributed by atoms with Gasteiger partial charge in [0, 0.05) is 19.1 Å². The van der Waals surface area contributed by atoms with E-state index in [9.17, 15) is 5.11 Å². The largest absolute Gasteiger partial charge is 0.390 e. The lowest BCUT2D eigenvalue weighted by molar-refractivity contribution is 0.0846. The predicted octanol–water partition coefficient (Wildman–Crippen LogP) is 1.35. The quantitative estimate of drug-likeness (QED) is 0.761. The molecule has 2 aliphatic rings. The van der Waals surface area contributed by atoms with Crippen LogP contribution in [0.15, 0.2) is 0 Å². The molecule has 1 saturated carbocycles. The Morgan fingerprint density at radius 3 is 2.56 bits per heavy atom. The zero-order valence-electron chi connectivity index (χ0n) is 10.3. The molecule has 1 saturated heterocycles. The number of likely N-dealkylation sites (tertiary alicyclic amines) is 1. The molecule has 94 valence electrons. The van der Waals surface area contributed by atoms with Gasteiger partial charge in [0.2, 0.25) is 0 Å². The Morgan fingerprint density at radius 2 is 1.88 bits per heavy atom. The van der Waals surface area contributed by atoms with Gasteiger partial charge in [0.1, 0.15) is 0 Å². The van der Waals surface area contributed by atoms with Crippen molar-refractivity contribution in [3.8, 4) is 0 Å². The number of nitrogens with zero attached hydrogens (tertiary/aromatic N) is 1. The Labute approximate surface area is 99.0 Å². The highest BCUT2D eigenvalue weighted by Crippen LogP contribution is 2.34. The first kappa shape index (κ1) is 12.3. The smallest absolute Gasteiger partial charge is 0.0789 e. The summed E-state index contributed by atoms with van der Waals surface area (Å²) in [5.74, 6) is 0.890. The number of hydrogen-bond acceptors (Lipinski definition) is 3. The Bertz CT molecular complexity index is 204. The van der Waals surface area contributed by atoms with Crippen LogP contribution in [0.1, 0.15) is 44.9 Å². The highest BCUT2D eigenvalue weighted by atomic mass is 16.3. The minimum Gasteiger partial charge on any atom is -0.390 e. The Morgan fingerprint density at radius 1 is 1.12 bits per heavy atom. The molecule has 1 aliphatic carbocycles. The molecule has 2 atom stereocenters. The number of aliphatic hydroxyl groups excluding tert-OH is 1. The van der Waals surface area contributed by atoms with Crippen LogP contribution in [-0.2, 0) is 0 Å². The Kier molecular flexibility index (Phi) is 4.62. The van der Waals surface area contributed by atoms with Gasteiger partial charge >= 0.3 is 0 Å². The van der Waals surface area contributed by atoms with E-state index < -0.39 is 0 Å². The van der Waals surface area contributed by atoms with Gasteiger partial charge in [0.05, 0.1) is 6.10 Å². The molecule has 2 rings (SSSR count). The van der Waals surface area contributed by atoms with Crippen LogP contribution in [0.2, 0.25) is 0 Å². The number of hydrogen-bond donors (Lipinski definition) is 2. The molecule has 0 aromatic carbocycles. The maximum absolute atomic E-state index is 9.67. The standard InChI is InChI=1S/C13H26N2O/c14-9-12(16)10-15-8-4-7-13(15)11-5-2-1-3-6-11/h11-13,16H,1-10,14H2/t12-,13?/m1/s1. The van der Waals surface area contributed by atoms with Gasteiger partial charge in [0.15, 0.2) is 0 Å². The van der Waals surface area contributed by atoms with Crippen molar-refractivity contribution in [2.75, 3.05) is 19.6 Å². The minimum absolute atomic E-state index is 0.329. The number of rotatable bonds is 4. The van der Waals surface area contributed by atoms with Gasteiger partial charge in [-0.3, -0.25) is 4.90 Å². The lowest BCUT2D eigenvalue weighted by Crippen LogP contribution is -2.42. The van der Waals surface area contributed by atoms with E-state index in [4.69, 9.17) is 5.73 Å². The van der Waals surface area contributed by atoms with Gasteiger partial charge in [-0.1, -0.05) is 19.3 Å². The van der Waals surface area contributed by atoms with Crippen molar-refractivity contribution >= 4 is 0 Å². The summed E-state index contributed by atoms with van der Waals surface area (Å²) in [5, 5.41) is 9.67. The van der Waals surface area contributed by atoms with Gasteiger partial charge in [-0.2, -0.15) is 0 Å². The topological polar surface area (TPSA) is 49.5 Å². The summed E-state index contributed by atoms with van der Waals surface area (Å²) in [6, 6.07) is 0.737. The van der Waals surface area contributed by atoms with E-state index in [1.165, 1.54) is 44.9 Å².